The van der Waals surface area contributed by atoms with Gasteiger partial charge in [-0.1, -0.05) is 60.7 Å². The Bertz CT molecular complexity index is 1030. The summed E-state index contributed by atoms with van der Waals surface area (Å²) >= 11 is 0. The molecule has 1 fully saturated rings. The van der Waals surface area contributed by atoms with Crippen molar-refractivity contribution in [3.63, 3.8) is 0 Å². The van der Waals surface area contributed by atoms with Crippen LogP contribution in [0.15, 0.2) is 60.7 Å². The van der Waals surface area contributed by atoms with E-state index < -0.39 is 44.0 Å². The Hall–Kier alpha value is -2.96. The zero-order valence-electron chi connectivity index (χ0n) is 19.7. The topological polar surface area (TPSA) is 110 Å². The summed E-state index contributed by atoms with van der Waals surface area (Å²) in [7, 11) is -3.54. The molecule has 1 heterocycles. The number of aryl methyl sites for hydroxylation is 1. The largest absolute Gasteiger partial charge is 0.480 e. The van der Waals surface area contributed by atoms with Crippen molar-refractivity contribution in [1.82, 2.24) is 4.90 Å². The normalized spacial score (nSPS) is 17.0. The molecule has 1 aliphatic rings. The molecule has 2 atom stereocenters. The number of ether oxygens (including phenoxy) is 1. The van der Waals surface area contributed by atoms with Crippen molar-refractivity contribution in [1.29, 1.82) is 0 Å². The number of unbranched alkanes of at least 4 members (excludes halogenated alkanes) is 1. The summed E-state index contributed by atoms with van der Waals surface area (Å²) in [5.41, 5.74) is 1.97. The van der Waals surface area contributed by atoms with Crippen LogP contribution in [0.4, 0.5) is 0 Å². The molecule has 0 radical (unpaired) electrons. The molecule has 2 aromatic carbocycles. The molecule has 0 saturated carbocycles. The van der Waals surface area contributed by atoms with Gasteiger partial charge in [0, 0.05) is 12.7 Å². The van der Waals surface area contributed by atoms with Crippen LogP contribution in [-0.2, 0) is 41.2 Å². The van der Waals surface area contributed by atoms with E-state index in [4.69, 9.17) is 9.26 Å². The third-order valence-electron chi connectivity index (χ3n) is 5.95. The van der Waals surface area contributed by atoms with Gasteiger partial charge in [-0.25, -0.2) is 9.59 Å². The first-order valence-electron chi connectivity index (χ1n) is 11.8. The van der Waals surface area contributed by atoms with Crippen molar-refractivity contribution in [2.45, 2.75) is 44.8 Å². The van der Waals surface area contributed by atoms with Crippen LogP contribution in [0.1, 0.15) is 36.8 Å². The third-order valence-corrected chi connectivity index (χ3v) is 8.30. The molecule has 188 valence electrons. The number of esters is 1. The van der Waals surface area contributed by atoms with Crippen LogP contribution in [0.2, 0.25) is 0 Å². The first kappa shape index (κ1) is 26.6. The molecule has 9 heteroatoms. The van der Waals surface area contributed by atoms with Crippen LogP contribution in [0, 0.1) is 0 Å². The lowest BCUT2D eigenvalue weighted by Crippen LogP contribution is -2.42. The summed E-state index contributed by atoms with van der Waals surface area (Å²) < 4.78 is 24.4. The first-order valence-corrected chi connectivity index (χ1v) is 13.8. The predicted molar refractivity (Wildman–Crippen MR) is 131 cm³/mol. The van der Waals surface area contributed by atoms with E-state index in [0.29, 0.717) is 25.8 Å². The van der Waals surface area contributed by atoms with E-state index in [0.717, 1.165) is 24.0 Å². The lowest BCUT2D eigenvalue weighted by Gasteiger charge is -2.24. The zero-order chi connectivity index (χ0) is 25.1. The second-order valence-electron chi connectivity index (χ2n) is 8.64. The fourth-order valence-electron chi connectivity index (χ4n) is 4.08. The summed E-state index contributed by atoms with van der Waals surface area (Å²) in [5.74, 6) is -2.26. The number of carboxylic acids is 1. The van der Waals surface area contributed by atoms with Gasteiger partial charge in [0.15, 0.2) is 6.61 Å². The van der Waals surface area contributed by atoms with Gasteiger partial charge < -0.3 is 19.3 Å². The first-order chi connectivity index (χ1) is 16.9. The molecule has 35 heavy (non-hydrogen) atoms. The van der Waals surface area contributed by atoms with Gasteiger partial charge in [0.05, 0.1) is 0 Å². The Morgan fingerprint density at radius 2 is 1.63 bits per heavy atom. The highest BCUT2D eigenvalue weighted by atomic mass is 31.2. The predicted octanol–water partition coefficient (Wildman–Crippen LogP) is 4.12. The molecule has 2 aromatic rings. The molecule has 0 aliphatic carbocycles. The van der Waals surface area contributed by atoms with E-state index >= 15 is 0 Å². The number of aliphatic carboxylic acids is 1. The molecule has 0 aromatic heterocycles. The van der Waals surface area contributed by atoms with Crippen LogP contribution in [0.3, 0.4) is 0 Å². The minimum Gasteiger partial charge on any atom is -0.480 e. The number of nitrogens with zero attached hydrogens (tertiary/aromatic N) is 1. The number of hydrogen-bond acceptors (Lipinski definition) is 6. The van der Waals surface area contributed by atoms with Gasteiger partial charge in [0.1, 0.15) is 18.8 Å². The summed E-state index contributed by atoms with van der Waals surface area (Å²) in [6, 6.07) is 18.1. The number of carbonyl (C=O) groups excluding carboxylic acids is 2. The summed E-state index contributed by atoms with van der Waals surface area (Å²) in [4.78, 5) is 37.8. The van der Waals surface area contributed by atoms with Crippen molar-refractivity contribution in [2.24, 2.45) is 0 Å². The summed E-state index contributed by atoms with van der Waals surface area (Å²) in [6.45, 7) is -0.154. The molecule has 3 rings (SSSR count). The van der Waals surface area contributed by atoms with Gasteiger partial charge in [-0.3, -0.25) is 9.36 Å². The van der Waals surface area contributed by atoms with E-state index in [1.807, 2.05) is 60.7 Å². The van der Waals surface area contributed by atoms with Gasteiger partial charge >= 0.3 is 11.9 Å². The maximum Gasteiger partial charge on any atom is 0.332 e. The van der Waals surface area contributed by atoms with Gasteiger partial charge in [-0.15, -0.1) is 0 Å². The van der Waals surface area contributed by atoms with Crippen LogP contribution in [-0.4, -0.2) is 59.4 Å². The quantitative estimate of drug-likeness (QED) is 0.250. The molecular weight excluding hydrogens is 469 g/mol. The highest BCUT2D eigenvalue weighted by Crippen LogP contribution is 2.48. The van der Waals surface area contributed by atoms with Gasteiger partial charge in [0.2, 0.25) is 13.3 Å². The lowest BCUT2D eigenvalue weighted by molar-refractivity contribution is -0.147. The molecular formula is C26H32NO7P. The lowest BCUT2D eigenvalue weighted by atomic mass is 10.1. The van der Waals surface area contributed by atoms with Crippen molar-refractivity contribution < 1.29 is 33.3 Å². The second-order valence-corrected chi connectivity index (χ2v) is 11.3. The Kier molecular flexibility index (Phi) is 10.1. The monoisotopic (exact) mass is 501 g/mol. The number of amides is 1. The number of hydrogen-bond donors (Lipinski definition) is 1. The van der Waals surface area contributed by atoms with Crippen molar-refractivity contribution in [3.8, 4) is 0 Å². The molecule has 1 N–H and O–H groups in total. The highest BCUT2D eigenvalue weighted by Gasteiger charge is 2.37. The SMILES string of the molecule is O=C(COP(=O)(CCCCc1ccccc1)CC(=O)N1CCC[C@H]1C(=O)O)OCc1ccccc1. The Morgan fingerprint density at radius 1 is 0.971 bits per heavy atom. The smallest absolute Gasteiger partial charge is 0.332 e. The van der Waals surface area contributed by atoms with Crippen molar-refractivity contribution in [3.05, 3.63) is 71.8 Å². The van der Waals surface area contributed by atoms with E-state index in [2.05, 4.69) is 0 Å². The molecule has 1 unspecified atom stereocenters. The van der Waals surface area contributed by atoms with Crippen LogP contribution in [0.25, 0.3) is 0 Å². The third kappa shape index (κ3) is 8.64. The highest BCUT2D eigenvalue weighted by molar-refractivity contribution is 7.59. The molecule has 1 aliphatic heterocycles. The Balaban J connectivity index is 1.57. The van der Waals surface area contributed by atoms with Crippen molar-refractivity contribution in [2.75, 3.05) is 25.5 Å². The Morgan fingerprint density at radius 3 is 2.29 bits per heavy atom. The summed E-state index contributed by atoms with van der Waals surface area (Å²) in [5, 5.41) is 9.39. The molecule has 0 bridgehead atoms. The number of rotatable bonds is 13. The van der Waals surface area contributed by atoms with Gasteiger partial charge in [-0.2, -0.15) is 0 Å². The molecule has 0 spiro atoms. The minimum absolute atomic E-state index is 0.0669. The number of likely N-dealkylation sites (tertiary alicyclic amines) is 1. The van der Waals surface area contributed by atoms with Crippen molar-refractivity contribution >= 4 is 25.2 Å². The second kappa shape index (κ2) is 13.2. The van der Waals surface area contributed by atoms with Crippen LogP contribution >= 0.6 is 7.37 Å². The fourth-order valence-corrected chi connectivity index (χ4v) is 6.10. The Labute approximate surface area is 205 Å². The van der Waals surface area contributed by atoms with Gasteiger partial charge in [0.25, 0.3) is 0 Å². The van der Waals surface area contributed by atoms with E-state index in [1.54, 1.807) is 0 Å². The van der Waals surface area contributed by atoms with Crippen LogP contribution in [0.5, 0.6) is 0 Å². The average Bonchev–Trinajstić information content (AvgIpc) is 3.36. The van der Waals surface area contributed by atoms with E-state index in [-0.39, 0.29) is 12.8 Å². The number of carbonyl (C=O) groups is 3. The van der Waals surface area contributed by atoms with E-state index in [1.165, 1.54) is 4.90 Å². The molecule has 1 amide bonds. The molecule has 8 nitrogen and oxygen atoms in total. The zero-order valence-corrected chi connectivity index (χ0v) is 20.6. The molecule has 1 saturated heterocycles. The van der Waals surface area contributed by atoms with Gasteiger partial charge in [-0.05, 0) is 43.2 Å². The average molecular weight is 502 g/mol. The standard InChI is InChI=1S/C26H32NO7P/c28-24(27-16-9-15-23(27)26(30)31)20-35(32,17-8-7-12-21-10-3-1-4-11-21)34-19-25(29)33-18-22-13-5-2-6-14-22/h1-6,10-11,13-14,23H,7-9,12,15-20H2,(H,30,31)/t23-,35?/m0/s1. The minimum atomic E-state index is -3.54. The number of carboxylic acid groups (broad SMARTS) is 1. The maximum absolute atomic E-state index is 13.6. The maximum atomic E-state index is 13.6. The van der Waals surface area contributed by atoms with E-state index in [9.17, 15) is 24.1 Å². The van der Waals surface area contributed by atoms with Crippen LogP contribution < -0.4 is 0 Å². The summed E-state index contributed by atoms with van der Waals surface area (Å²) in [6.07, 6.45) is 2.73. The fraction of sp³-hybridized carbons (Fsp3) is 0.423. The number of benzene rings is 2.